The molecule has 6 heteroatoms. The maximum atomic E-state index is 12.0. The van der Waals surface area contributed by atoms with E-state index in [9.17, 15) is 13.2 Å². The van der Waals surface area contributed by atoms with Gasteiger partial charge in [0.1, 0.15) is 10.7 Å². The number of piperidine rings is 1. The Morgan fingerprint density at radius 1 is 1.31 bits per heavy atom. The number of ketones is 1. The van der Waals surface area contributed by atoms with Crippen LogP contribution in [0.5, 0.6) is 0 Å². The molecule has 0 aromatic heterocycles. The van der Waals surface area contributed by atoms with Crippen LogP contribution in [0.4, 0.5) is 0 Å². The van der Waals surface area contributed by atoms with Gasteiger partial charge in [0.05, 0.1) is 0 Å². The molecule has 1 aliphatic rings. The second-order valence-corrected chi connectivity index (χ2v) is 7.41. The van der Waals surface area contributed by atoms with Crippen molar-refractivity contribution in [1.29, 1.82) is 0 Å². The van der Waals surface area contributed by atoms with Crippen LogP contribution in [-0.2, 0) is 14.8 Å². The SMILES string of the molecule is CC(=O)C1CCN(S(=O)(=O)C(C)(C)N)CC1. The third-order valence-electron chi connectivity index (χ3n) is 3.03. The lowest BCUT2D eigenvalue weighted by Crippen LogP contribution is -2.52. The Morgan fingerprint density at radius 2 is 1.75 bits per heavy atom. The number of hydrogen-bond donors (Lipinski definition) is 1. The predicted octanol–water partition coefficient (Wildman–Crippen LogP) is 0.312. The van der Waals surface area contributed by atoms with Crippen LogP contribution < -0.4 is 5.73 Å². The van der Waals surface area contributed by atoms with Crippen molar-refractivity contribution in [1.82, 2.24) is 4.31 Å². The second-order valence-electron chi connectivity index (χ2n) is 4.89. The molecule has 0 amide bonds. The van der Waals surface area contributed by atoms with Gasteiger partial charge in [-0.1, -0.05) is 0 Å². The first kappa shape index (κ1) is 13.6. The second kappa shape index (κ2) is 4.43. The summed E-state index contributed by atoms with van der Waals surface area (Å²) in [6.45, 7) is 5.32. The van der Waals surface area contributed by atoms with Crippen molar-refractivity contribution >= 4 is 15.8 Å². The highest BCUT2D eigenvalue weighted by atomic mass is 32.2. The van der Waals surface area contributed by atoms with Gasteiger partial charge in [-0.3, -0.25) is 4.79 Å². The Labute approximate surface area is 97.0 Å². The summed E-state index contributed by atoms with van der Waals surface area (Å²) in [6.07, 6.45) is 1.20. The molecule has 2 N–H and O–H groups in total. The van der Waals surface area contributed by atoms with Crippen molar-refractivity contribution in [3.63, 3.8) is 0 Å². The predicted molar refractivity (Wildman–Crippen MR) is 62.2 cm³/mol. The van der Waals surface area contributed by atoms with Gasteiger partial charge in [-0.05, 0) is 33.6 Å². The number of nitrogens with two attached hydrogens (primary N) is 1. The molecule has 0 unspecified atom stereocenters. The fraction of sp³-hybridized carbons (Fsp3) is 0.900. The van der Waals surface area contributed by atoms with Crippen molar-refractivity contribution in [2.75, 3.05) is 13.1 Å². The number of carbonyl (C=O) groups excluding carboxylic acids is 1. The zero-order valence-electron chi connectivity index (χ0n) is 10.1. The van der Waals surface area contributed by atoms with Gasteiger partial charge in [-0.15, -0.1) is 0 Å². The number of hydrogen-bond acceptors (Lipinski definition) is 4. The lowest BCUT2D eigenvalue weighted by molar-refractivity contribution is -0.121. The van der Waals surface area contributed by atoms with E-state index in [1.54, 1.807) is 6.92 Å². The molecule has 0 atom stereocenters. The molecule has 1 saturated heterocycles. The molecule has 0 aromatic carbocycles. The van der Waals surface area contributed by atoms with Crippen molar-refractivity contribution in [2.24, 2.45) is 11.7 Å². The van der Waals surface area contributed by atoms with E-state index in [1.807, 2.05) is 0 Å². The highest BCUT2D eigenvalue weighted by molar-refractivity contribution is 7.90. The highest BCUT2D eigenvalue weighted by Gasteiger charge is 2.38. The smallest absolute Gasteiger partial charge is 0.232 e. The number of sulfonamides is 1. The number of carbonyl (C=O) groups is 1. The lowest BCUT2D eigenvalue weighted by Gasteiger charge is -2.34. The maximum Gasteiger partial charge on any atom is 0.232 e. The fourth-order valence-electron chi connectivity index (χ4n) is 1.84. The molecule has 1 aliphatic heterocycles. The average molecular weight is 248 g/mol. The van der Waals surface area contributed by atoms with Crippen LogP contribution >= 0.6 is 0 Å². The number of nitrogens with zero attached hydrogens (tertiary/aromatic N) is 1. The van der Waals surface area contributed by atoms with Crippen LogP contribution in [0, 0.1) is 5.92 Å². The monoisotopic (exact) mass is 248 g/mol. The Morgan fingerprint density at radius 3 is 2.06 bits per heavy atom. The standard InChI is InChI=1S/C10H20N2O3S/c1-8(13)9-4-6-12(7-5-9)16(14,15)10(2,3)11/h9H,4-7,11H2,1-3H3. The van der Waals surface area contributed by atoms with Crippen LogP contribution in [0.1, 0.15) is 33.6 Å². The Hall–Kier alpha value is -0.460. The summed E-state index contributed by atoms with van der Waals surface area (Å²) >= 11 is 0. The van der Waals surface area contributed by atoms with Crippen molar-refractivity contribution in [3.05, 3.63) is 0 Å². The largest absolute Gasteiger partial charge is 0.312 e. The first-order chi connectivity index (χ1) is 7.16. The van der Waals surface area contributed by atoms with Crippen LogP contribution in [-0.4, -0.2) is 36.5 Å². The van der Waals surface area contributed by atoms with E-state index in [2.05, 4.69) is 0 Å². The quantitative estimate of drug-likeness (QED) is 0.779. The van der Waals surface area contributed by atoms with E-state index < -0.39 is 14.9 Å². The van der Waals surface area contributed by atoms with Gasteiger partial charge < -0.3 is 5.73 Å². The van der Waals surface area contributed by atoms with Gasteiger partial charge >= 0.3 is 0 Å². The number of Topliss-reactive ketones (excluding diaryl/α,β-unsaturated/α-hetero) is 1. The van der Waals surface area contributed by atoms with E-state index in [-0.39, 0.29) is 11.7 Å². The summed E-state index contributed by atoms with van der Waals surface area (Å²) in [5.74, 6) is 0.149. The molecule has 94 valence electrons. The van der Waals surface area contributed by atoms with Crippen LogP contribution in [0.3, 0.4) is 0 Å². The van der Waals surface area contributed by atoms with Gasteiger partial charge in [-0.2, -0.15) is 0 Å². The summed E-state index contributed by atoms with van der Waals surface area (Å²) in [4.78, 5) is 9.91. The first-order valence-corrected chi connectivity index (χ1v) is 6.89. The molecular formula is C10H20N2O3S. The van der Waals surface area contributed by atoms with Crippen LogP contribution in [0.25, 0.3) is 0 Å². The Balaban J connectivity index is 2.72. The minimum absolute atomic E-state index is 0.00679. The van der Waals surface area contributed by atoms with Crippen LogP contribution in [0.15, 0.2) is 0 Å². The third-order valence-corrected chi connectivity index (χ3v) is 5.41. The summed E-state index contributed by atoms with van der Waals surface area (Å²) in [5, 5.41) is 0. The van der Waals surface area contributed by atoms with E-state index in [4.69, 9.17) is 5.73 Å². The van der Waals surface area contributed by atoms with Gasteiger partial charge in [-0.25, -0.2) is 12.7 Å². The molecule has 0 bridgehead atoms. The molecule has 0 aliphatic carbocycles. The van der Waals surface area contributed by atoms with E-state index in [0.29, 0.717) is 25.9 Å². The molecule has 1 fully saturated rings. The molecule has 0 saturated carbocycles. The molecule has 16 heavy (non-hydrogen) atoms. The molecule has 0 radical (unpaired) electrons. The van der Waals surface area contributed by atoms with Crippen LogP contribution in [0.2, 0.25) is 0 Å². The van der Waals surface area contributed by atoms with Gasteiger partial charge in [0.25, 0.3) is 0 Å². The first-order valence-electron chi connectivity index (χ1n) is 5.45. The summed E-state index contributed by atoms with van der Waals surface area (Å²) < 4.78 is 25.4. The molecule has 1 rings (SSSR count). The fourth-order valence-corrected chi connectivity index (χ4v) is 3.19. The summed E-state index contributed by atoms with van der Waals surface area (Å²) in [6, 6.07) is 0. The average Bonchev–Trinajstić information content (AvgIpc) is 2.16. The zero-order chi connectivity index (χ0) is 12.6. The number of rotatable bonds is 3. The summed E-state index contributed by atoms with van der Waals surface area (Å²) in [5.41, 5.74) is 5.64. The van der Waals surface area contributed by atoms with Crippen molar-refractivity contribution < 1.29 is 13.2 Å². The Bertz CT molecular complexity index is 362. The van der Waals surface area contributed by atoms with Crippen molar-refractivity contribution in [3.8, 4) is 0 Å². The van der Waals surface area contributed by atoms with E-state index in [0.717, 1.165) is 0 Å². The molecular weight excluding hydrogens is 228 g/mol. The minimum Gasteiger partial charge on any atom is -0.312 e. The van der Waals surface area contributed by atoms with E-state index >= 15 is 0 Å². The topological polar surface area (TPSA) is 80.5 Å². The maximum absolute atomic E-state index is 12.0. The molecule has 0 spiro atoms. The summed E-state index contributed by atoms with van der Waals surface area (Å²) in [7, 11) is -3.45. The normalized spacial score (nSPS) is 21.0. The third kappa shape index (κ3) is 2.61. The molecule has 0 aromatic rings. The molecule has 1 heterocycles. The Kier molecular flexibility index (Phi) is 3.76. The zero-order valence-corrected chi connectivity index (χ0v) is 10.9. The van der Waals surface area contributed by atoms with Gasteiger partial charge in [0, 0.05) is 19.0 Å². The highest BCUT2D eigenvalue weighted by Crippen LogP contribution is 2.24. The molecule has 5 nitrogen and oxygen atoms in total. The van der Waals surface area contributed by atoms with Gasteiger partial charge in [0.2, 0.25) is 10.0 Å². The van der Waals surface area contributed by atoms with Crippen molar-refractivity contribution in [2.45, 2.75) is 38.5 Å². The lowest BCUT2D eigenvalue weighted by atomic mass is 9.95. The van der Waals surface area contributed by atoms with E-state index in [1.165, 1.54) is 18.2 Å². The van der Waals surface area contributed by atoms with Gasteiger partial charge in [0.15, 0.2) is 0 Å². The minimum atomic E-state index is -3.45.